The minimum absolute atomic E-state index is 0.251. The first-order chi connectivity index (χ1) is 9.47. The first-order valence-electron chi connectivity index (χ1n) is 5.59. The third-order valence-electron chi connectivity index (χ3n) is 2.63. The van der Waals surface area contributed by atoms with Crippen LogP contribution >= 0.6 is 15.9 Å². The summed E-state index contributed by atoms with van der Waals surface area (Å²) < 4.78 is 27.0. The van der Waals surface area contributed by atoms with Gasteiger partial charge in [0.25, 0.3) is 0 Å². The van der Waals surface area contributed by atoms with Gasteiger partial charge in [-0.2, -0.15) is 4.39 Å². The van der Waals surface area contributed by atoms with Crippen molar-refractivity contribution in [2.45, 2.75) is 6.54 Å². The lowest BCUT2D eigenvalue weighted by molar-refractivity contribution is -0.387. The summed E-state index contributed by atoms with van der Waals surface area (Å²) in [7, 11) is 0. The zero-order valence-corrected chi connectivity index (χ0v) is 11.7. The van der Waals surface area contributed by atoms with Gasteiger partial charge in [-0.3, -0.25) is 10.1 Å². The molecule has 2 aromatic rings. The van der Waals surface area contributed by atoms with E-state index in [1.807, 2.05) is 0 Å². The molecule has 7 heteroatoms. The van der Waals surface area contributed by atoms with Crippen LogP contribution in [-0.2, 0) is 6.54 Å². The van der Waals surface area contributed by atoms with Gasteiger partial charge in [0.2, 0.25) is 5.82 Å². The molecule has 0 aromatic heterocycles. The van der Waals surface area contributed by atoms with E-state index < -0.39 is 16.4 Å². The van der Waals surface area contributed by atoms with Crippen molar-refractivity contribution >= 4 is 27.3 Å². The monoisotopic (exact) mass is 342 g/mol. The maximum atomic E-state index is 13.2. The highest BCUT2D eigenvalue weighted by Gasteiger charge is 2.14. The Morgan fingerprint density at radius 1 is 1.20 bits per heavy atom. The van der Waals surface area contributed by atoms with Gasteiger partial charge in [0, 0.05) is 22.8 Å². The lowest BCUT2D eigenvalue weighted by Gasteiger charge is -2.08. The van der Waals surface area contributed by atoms with Crippen molar-refractivity contribution in [1.82, 2.24) is 0 Å². The fourth-order valence-electron chi connectivity index (χ4n) is 1.64. The van der Waals surface area contributed by atoms with Crippen LogP contribution in [0.5, 0.6) is 0 Å². The molecule has 2 rings (SSSR count). The summed E-state index contributed by atoms with van der Waals surface area (Å²) in [6.07, 6.45) is 0. The van der Waals surface area contributed by atoms with Gasteiger partial charge in [-0.15, -0.1) is 0 Å². The number of rotatable bonds is 4. The summed E-state index contributed by atoms with van der Waals surface area (Å²) in [5.41, 5.74) is 0.430. The first-order valence-corrected chi connectivity index (χ1v) is 6.38. The van der Waals surface area contributed by atoms with Crippen molar-refractivity contribution < 1.29 is 13.7 Å². The smallest absolute Gasteiger partial charge is 0.306 e. The number of nitrogens with one attached hydrogen (secondary N) is 1. The van der Waals surface area contributed by atoms with Crippen molar-refractivity contribution in [3.8, 4) is 0 Å². The Balaban J connectivity index is 2.17. The van der Waals surface area contributed by atoms with E-state index in [2.05, 4.69) is 21.2 Å². The molecule has 0 saturated carbocycles. The highest BCUT2D eigenvalue weighted by molar-refractivity contribution is 9.10. The van der Waals surface area contributed by atoms with Crippen LogP contribution in [0.2, 0.25) is 0 Å². The summed E-state index contributed by atoms with van der Waals surface area (Å²) in [5.74, 6) is -1.28. The van der Waals surface area contributed by atoms with Crippen LogP contribution in [0.1, 0.15) is 5.56 Å². The molecule has 0 aliphatic rings. The van der Waals surface area contributed by atoms with Gasteiger partial charge in [-0.25, -0.2) is 4.39 Å². The molecule has 0 unspecified atom stereocenters. The molecule has 0 aliphatic carbocycles. The Morgan fingerprint density at radius 2 is 1.95 bits per heavy atom. The van der Waals surface area contributed by atoms with E-state index in [9.17, 15) is 18.9 Å². The molecule has 0 spiro atoms. The molecule has 104 valence electrons. The zero-order chi connectivity index (χ0) is 14.7. The number of hydrogen-bond donors (Lipinski definition) is 1. The first kappa shape index (κ1) is 14.4. The van der Waals surface area contributed by atoms with Crippen LogP contribution in [0, 0.1) is 21.7 Å². The van der Waals surface area contributed by atoms with E-state index in [0.29, 0.717) is 15.7 Å². The van der Waals surface area contributed by atoms with E-state index in [1.165, 1.54) is 18.2 Å². The molecular weight excluding hydrogens is 334 g/mol. The minimum atomic E-state index is -0.896. The highest BCUT2D eigenvalue weighted by atomic mass is 79.9. The van der Waals surface area contributed by atoms with E-state index in [-0.39, 0.29) is 12.4 Å². The lowest BCUT2D eigenvalue weighted by atomic mass is 10.2. The number of anilines is 1. The number of benzene rings is 2. The molecule has 0 fully saturated rings. The Morgan fingerprint density at radius 3 is 2.65 bits per heavy atom. The van der Waals surface area contributed by atoms with Gasteiger partial charge in [-0.05, 0) is 35.9 Å². The standard InChI is InChI=1S/C13H9BrF2N2O2/c14-11-3-1-9(15)5-8(11)7-17-10-2-4-12(16)13(6-10)18(19)20/h1-6,17H,7H2. The quantitative estimate of drug-likeness (QED) is 0.667. The maximum Gasteiger partial charge on any atom is 0.306 e. The van der Waals surface area contributed by atoms with Crippen LogP contribution in [0.4, 0.5) is 20.2 Å². The molecule has 0 amide bonds. The maximum absolute atomic E-state index is 13.2. The van der Waals surface area contributed by atoms with E-state index in [4.69, 9.17) is 0 Å². The SMILES string of the molecule is O=[N+]([O-])c1cc(NCc2cc(F)ccc2Br)ccc1F. The highest BCUT2D eigenvalue weighted by Crippen LogP contribution is 2.23. The van der Waals surface area contributed by atoms with Crippen molar-refractivity contribution in [3.63, 3.8) is 0 Å². The van der Waals surface area contributed by atoms with Gasteiger partial charge in [-0.1, -0.05) is 15.9 Å². The van der Waals surface area contributed by atoms with Crippen LogP contribution < -0.4 is 5.32 Å². The van der Waals surface area contributed by atoms with Gasteiger partial charge in [0.05, 0.1) is 4.92 Å². The lowest BCUT2D eigenvalue weighted by Crippen LogP contribution is -2.02. The molecule has 0 heterocycles. The Bertz CT molecular complexity index is 665. The van der Waals surface area contributed by atoms with Crippen molar-refractivity contribution in [1.29, 1.82) is 0 Å². The number of nitro groups is 1. The van der Waals surface area contributed by atoms with E-state index >= 15 is 0 Å². The van der Waals surface area contributed by atoms with Crippen LogP contribution in [0.15, 0.2) is 40.9 Å². The Labute approximate surface area is 121 Å². The molecule has 0 aliphatic heterocycles. The summed E-state index contributed by atoms with van der Waals surface area (Å²) >= 11 is 3.28. The summed E-state index contributed by atoms with van der Waals surface area (Å²) in [6, 6.07) is 7.73. The van der Waals surface area contributed by atoms with Gasteiger partial charge in [0.15, 0.2) is 0 Å². The van der Waals surface area contributed by atoms with E-state index in [0.717, 1.165) is 12.1 Å². The largest absolute Gasteiger partial charge is 0.381 e. The van der Waals surface area contributed by atoms with Gasteiger partial charge >= 0.3 is 5.69 Å². The third kappa shape index (κ3) is 3.30. The fourth-order valence-corrected chi connectivity index (χ4v) is 2.03. The summed E-state index contributed by atoms with van der Waals surface area (Å²) in [6.45, 7) is 0.251. The molecule has 0 bridgehead atoms. The molecule has 20 heavy (non-hydrogen) atoms. The fraction of sp³-hybridized carbons (Fsp3) is 0.0769. The third-order valence-corrected chi connectivity index (χ3v) is 3.41. The topological polar surface area (TPSA) is 55.2 Å². The zero-order valence-electron chi connectivity index (χ0n) is 10.1. The Hall–Kier alpha value is -2.02. The Kier molecular flexibility index (Phi) is 4.29. The molecular formula is C13H9BrF2N2O2. The predicted molar refractivity (Wildman–Crippen MR) is 74.5 cm³/mol. The van der Waals surface area contributed by atoms with E-state index in [1.54, 1.807) is 6.07 Å². The molecule has 2 aromatic carbocycles. The molecule has 0 radical (unpaired) electrons. The molecule has 1 N–H and O–H groups in total. The average molecular weight is 343 g/mol. The number of halogens is 3. The van der Waals surface area contributed by atoms with Gasteiger partial charge < -0.3 is 5.32 Å². The second-order valence-corrected chi connectivity index (χ2v) is 4.87. The van der Waals surface area contributed by atoms with Crippen molar-refractivity contribution in [3.05, 3.63) is 68.2 Å². The second-order valence-electron chi connectivity index (χ2n) is 4.01. The number of nitro benzene ring substituents is 1. The molecule has 0 atom stereocenters. The van der Waals surface area contributed by atoms with Crippen LogP contribution in [0.25, 0.3) is 0 Å². The van der Waals surface area contributed by atoms with Crippen LogP contribution in [-0.4, -0.2) is 4.92 Å². The average Bonchev–Trinajstić information content (AvgIpc) is 2.41. The van der Waals surface area contributed by atoms with Crippen LogP contribution in [0.3, 0.4) is 0 Å². The normalized spacial score (nSPS) is 10.3. The van der Waals surface area contributed by atoms with Crippen molar-refractivity contribution in [2.24, 2.45) is 0 Å². The van der Waals surface area contributed by atoms with Gasteiger partial charge in [0.1, 0.15) is 5.82 Å². The number of hydrogen-bond acceptors (Lipinski definition) is 3. The molecule has 0 saturated heterocycles. The number of nitrogens with zero attached hydrogens (tertiary/aromatic N) is 1. The minimum Gasteiger partial charge on any atom is -0.381 e. The predicted octanol–water partition coefficient (Wildman–Crippen LogP) is 4.25. The molecule has 4 nitrogen and oxygen atoms in total. The summed E-state index contributed by atoms with van der Waals surface area (Å²) in [5, 5.41) is 13.5. The second kappa shape index (κ2) is 5.96. The summed E-state index contributed by atoms with van der Waals surface area (Å²) in [4.78, 5) is 9.83. The van der Waals surface area contributed by atoms with Crippen molar-refractivity contribution in [2.75, 3.05) is 5.32 Å².